The van der Waals surface area contributed by atoms with Gasteiger partial charge in [0.15, 0.2) is 0 Å². The molecular formula is C13H17N3O2. The molecule has 96 valence electrons. The lowest BCUT2D eigenvalue weighted by Gasteiger charge is -2.34. The Labute approximate surface area is 106 Å². The SMILES string of the molecule is CC1(C)CC(=O)N(Cc2ccc(N)nc2)C(=O)C1. The molecule has 0 aromatic carbocycles. The molecule has 1 fully saturated rings. The van der Waals surface area contributed by atoms with Crippen molar-refractivity contribution in [3.8, 4) is 0 Å². The molecule has 0 radical (unpaired) electrons. The fourth-order valence-electron chi connectivity index (χ4n) is 2.10. The lowest BCUT2D eigenvalue weighted by molar-refractivity contribution is -0.153. The molecule has 2 amide bonds. The first kappa shape index (κ1) is 12.5. The number of nitrogens with zero attached hydrogens (tertiary/aromatic N) is 2. The molecule has 18 heavy (non-hydrogen) atoms. The van der Waals surface area contributed by atoms with Gasteiger partial charge in [-0.1, -0.05) is 19.9 Å². The molecule has 5 heteroatoms. The molecule has 1 aliphatic heterocycles. The number of carbonyl (C=O) groups excluding carboxylic acids is 2. The van der Waals surface area contributed by atoms with Crippen LogP contribution in [0.3, 0.4) is 0 Å². The molecule has 0 unspecified atom stereocenters. The highest BCUT2D eigenvalue weighted by Gasteiger charge is 2.37. The highest BCUT2D eigenvalue weighted by atomic mass is 16.2. The van der Waals surface area contributed by atoms with E-state index in [1.54, 1.807) is 18.3 Å². The van der Waals surface area contributed by atoms with Crippen LogP contribution < -0.4 is 5.73 Å². The minimum atomic E-state index is -0.232. The quantitative estimate of drug-likeness (QED) is 0.800. The number of rotatable bonds is 2. The van der Waals surface area contributed by atoms with Gasteiger partial charge in [0.1, 0.15) is 5.82 Å². The Morgan fingerprint density at radius 3 is 2.39 bits per heavy atom. The van der Waals surface area contributed by atoms with Gasteiger partial charge in [-0.25, -0.2) is 4.98 Å². The number of nitrogen functional groups attached to an aromatic ring is 1. The van der Waals surface area contributed by atoms with Gasteiger partial charge in [-0.15, -0.1) is 0 Å². The Morgan fingerprint density at radius 2 is 1.89 bits per heavy atom. The zero-order valence-electron chi connectivity index (χ0n) is 10.6. The molecule has 2 N–H and O–H groups in total. The summed E-state index contributed by atoms with van der Waals surface area (Å²) in [5.74, 6) is 0.192. The second-order valence-corrected chi connectivity index (χ2v) is 5.48. The molecule has 2 rings (SSSR count). The number of carbonyl (C=O) groups is 2. The fraction of sp³-hybridized carbons (Fsp3) is 0.462. The largest absolute Gasteiger partial charge is 0.384 e. The van der Waals surface area contributed by atoms with Gasteiger partial charge < -0.3 is 5.73 Å². The van der Waals surface area contributed by atoms with Crippen LogP contribution in [0.2, 0.25) is 0 Å². The second kappa shape index (κ2) is 4.40. The number of hydrogen-bond acceptors (Lipinski definition) is 4. The molecule has 0 saturated carbocycles. The first-order valence-electron chi connectivity index (χ1n) is 5.91. The van der Waals surface area contributed by atoms with Crippen LogP contribution in [-0.2, 0) is 16.1 Å². The molecule has 2 heterocycles. The van der Waals surface area contributed by atoms with E-state index in [9.17, 15) is 9.59 Å². The van der Waals surface area contributed by atoms with E-state index in [0.29, 0.717) is 18.7 Å². The average Bonchev–Trinajstić information content (AvgIpc) is 2.24. The molecule has 5 nitrogen and oxygen atoms in total. The summed E-state index contributed by atoms with van der Waals surface area (Å²) >= 11 is 0. The Kier molecular flexibility index (Phi) is 3.07. The number of aromatic nitrogens is 1. The summed E-state index contributed by atoms with van der Waals surface area (Å²) in [7, 11) is 0. The van der Waals surface area contributed by atoms with Crippen LogP contribution >= 0.6 is 0 Å². The van der Waals surface area contributed by atoms with E-state index in [-0.39, 0.29) is 23.8 Å². The van der Waals surface area contributed by atoms with Crippen molar-refractivity contribution in [2.24, 2.45) is 5.41 Å². The summed E-state index contributed by atoms with van der Waals surface area (Å²) in [5, 5.41) is 0. The normalized spacial score (nSPS) is 19.1. The summed E-state index contributed by atoms with van der Waals surface area (Å²) in [5.41, 5.74) is 6.07. The Morgan fingerprint density at radius 1 is 1.28 bits per heavy atom. The van der Waals surface area contributed by atoms with Crippen molar-refractivity contribution in [2.75, 3.05) is 5.73 Å². The molecule has 0 spiro atoms. The number of pyridine rings is 1. The molecular weight excluding hydrogens is 230 g/mol. The predicted molar refractivity (Wildman–Crippen MR) is 67.2 cm³/mol. The third-order valence-electron chi connectivity index (χ3n) is 3.05. The van der Waals surface area contributed by atoms with Gasteiger partial charge in [-0.05, 0) is 17.0 Å². The maximum absolute atomic E-state index is 12.0. The van der Waals surface area contributed by atoms with Gasteiger partial charge in [0.25, 0.3) is 0 Å². The molecule has 0 atom stereocenters. The highest BCUT2D eigenvalue weighted by molar-refractivity contribution is 5.98. The standard InChI is InChI=1S/C13H17N3O2/c1-13(2)5-11(17)16(12(18)6-13)8-9-3-4-10(14)15-7-9/h3-4,7H,5-6,8H2,1-2H3,(H2,14,15). The van der Waals surface area contributed by atoms with Crippen molar-refractivity contribution in [3.63, 3.8) is 0 Å². The summed E-state index contributed by atoms with van der Waals surface area (Å²) < 4.78 is 0. The van der Waals surface area contributed by atoms with Crippen molar-refractivity contribution in [1.82, 2.24) is 9.88 Å². The number of anilines is 1. The van der Waals surface area contributed by atoms with E-state index in [0.717, 1.165) is 5.56 Å². The Balaban J connectivity index is 2.12. The maximum Gasteiger partial charge on any atom is 0.230 e. The number of imide groups is 1. The number of piperidine rings is 1. The van der Waals surface area contributed by atoms with E-state index >= 15 is 0 Å². The lowest BCUT2D eigenvalue weighted by Crippen LogP contribution is -2.45. The van der Waals surface area contributed by atoms with Gasteiger partial charge in [0.2, 0.25) is 11.8 Å². The summed E-state index contributed by atoms with van der Waals surface area (Å²) in [4.78, 5) is 29.2. The van der Waals surface area contributed by atoms with Gasteiger partial charge in [-0.2, -0.15) is 0 Å². The first-order valence-corrected chi connectivity index (χ1v) is 5.91. The van der Waals surface area contributed by atoms with Gasteiger partial charge >= 0.3 is 0 Å². The van der Waals surface area contributed by atoms with Gasteiger partial charge in [0, 0.05) is 19.0 Å². The highest BCUT2D eigenvalue weighted by Crippen LogP contribution is 2.32. The van der Waals surface area contributed by atoms with Crippen LogP contribution in [0.5, 0.6) is 0 Å². The Bertz CT molecular complexity index is 460. The van der Waals surface area contributed by atoms with Crippen LogP contribution in [0.1, 0.15) is 32.3 Å². The van der Waals surface area contributed by atoms with Crippen LogP contribution in [0.15, 0.2) is 18.3 Å². The van der Waals surface area contributed by atoms with Crippen molar-refractivity contribution in [3.05, 3.63) is 23.9 Å². The zero-order chi connectivity index (χ0) is 13.3. The zero-order valence-corrected chi connectivity index (χ0v) is 10.6. The Hall–Kier alpha value is -1.91. The molecule has 1 aromatic heterocycles. The van der Waals surface area contributed by atoms with Gasteiger partial charge in [-0.3, -0.25) is 14.5 Å². The lowest BCUT2D eigenvalue weighted by atomic mass is 9.81. The second-order valence-electron chi connectivity index (χ2n) is 5.48. The van der Waals surface area contributed by atoms with Gasteiger partial charge in [0.05, 0.1) is 6.54 Å². The van der Waals surface area contributed by atoms with Crippen LogP contribution in [-0.4, -0.2) is 21.7 Å². The van der Waals surface area contributed by atoms with E-state index in [1.165, 1.54) is 4.90 Å². The molecule has 0 aliphatic carbocycles. The van der Waals surface area contributed by atoms with E-state index in [2.05, 4.69) is 4.98 Å². The first-order chi connectivity index (χ1) is 8.37. The monoisotopic (exact) mass is 247 g/mol. The molecule has 1 saturated heterocycles. The smallest absolute Gasteiger partial charge is 0.230 e. The minimum absolute atomic E-state index is 0.118. The van der Waals surface area contributed by atoms with Crippen molar-refractivity contribution in [2.45, 2.75) is 33.2 Å². The number of hydrogen-bond donors (Lipinski definition) is 1. The van der Waals surface area contributed by atoms with E-state index in [4.69, 9.17) is 5.73 Å². The van der Waals surface area contributed by atoms with Crippen LogP contribution in [0.25, 0.3) is 0 Å². The van der Waals surface area contributed by atoms with Crippen LogP contribution in [0, 0.1) is 5.41 Å². The van der Waals surface area contributed by atoms with Crippen molar-refractivity contribution < 1.29 is 9.59 Å². The maximum atomic E-state index is 12.0. The van der Waals surface area contributed by atoms with Crippen LogP contribution in [0.4, 0.5) is 5.82 Å². The van der Waals surface area contributed by atoms with E-state index in [1.807, 2.05) is 13.8 Å². The predicted octanol–water partition coefficient (Wildman–Crippen LogP) is 1.34. The topological polar surface area (TPSA) is 76.3 Å². The summed E-state index contributed by atoms with van der Waals surface area (Å²) in [6.45, 7) is 4.15. The molecule has 0 bridgehead atoms. The molecule has 1 aromatic rings. The average molecular weight is 247 g/mol. The summed E-state index contributed by atoms with van der Waals surface area (Å²) in [6.07, 6.45) is 2.40. The third kappa shape index (κ3) is 2.67. The van der Waals surface area contributed by atoms with E-state index < -0.39 is 0 Å². The fourth-order valence-corrected chi connectivity index (χ4v) is 2.10. The molecule has 1 aliphatic rings. The van der Waals surface area contributed by atoms with Crippen molar-refractivity contribution >= 4 is 17.6 Å². The minimum Gasteiger partial charge on any atom is -0.384 e. The number of likely N-dealkylation sites (tertiary alicyclic amines) is 1. The van der Waals surface area contributed by atoms with Crippen molar-refractivity contribution in [1.29, 1.82) is 0 Å². The summed E-state index contributed by atoms with van der Waals surface area (Å²) in [6, 6.07) is 3.45. The third-order valence-corrected chi connectivity index (χ3v) is 3.05. The number of amides is 2. The number of nitrogens with two attached hydrogens (primary N) is 1.